The van der Waals surface area contributed by atoms with Crippen molar-refractivity contribution in [1.29, 1.82) is 0 Å². The number of rotatable bonds is 20. The summed E-state index contributed by atoms with van der Waals surface area (Å²) in [6, 6.07) is 0. The number of methoxy groups -OCH3 is 1. The van der Waals surface area contributed by atoms with Gasteiger partial charge < -0.3 is 33.5 Å². The molecule has 0 aliphatic carbocycles. The summed E-state index contributed by atoms with van der Waals surface area (Å²) in [5, 5.41) is 0. The van der Waals surface area contributed by atoms with Gasteiger partial charge in [-0.3, -0.25) is 0 Å². The van der Waals surface area contributed by atoms with Crippen LogP contribution in [0.1, 0.15) is 96.8 Å². The van der Waals surface area contributed by atoms with Gasteiger partial charge >= 0.3 is 0 Å². The Bertz CT molecular complexity index is 454. The van der Waals surface area contributed by atoms with E-state index in [0.29, 0.717) is 6.61 Å². The fourth-order valence-electron chi connectivity index (χ4n) is 3.65. The third-order valence-corrected chi connectivity index (χ3v) is 5.52. The Labute approximate surface area is 197 Å². The van der Waals surface area contributed by atoms with Gasteiger partial charge in [0.2, 0.25) is 6.33 Å². The van der Waals surface area contributed by atoms with Gasteiger partial charge in [0.05, 0.1) is 13.7 Å². The molecule has 1 rings (SSSR count). The zero-order valence-electron chi connectivity index (χ0n) is 19.4. The van der Waals surface area contributed by atoms with Gasteiger partial charge in [0.1, 0.15) is 25.0 Å². The maximum Gasteiger partial charge on any atom is 0.243 e. The van der Waals surface area contributed by atoms with Crippen molar-refractivity contribution in [1.82, 2.24) is 4.57 Å². The molecule has 29 heavy (non-hydrogen) atoms. The summed E-state index contributed by atoms with van der Waals surface area (Å²) in [5.41, 5.74) is 0. The molecule has 0 aliphatic rings. The predicted molar refractivity (Wildman–Crippen MR) is 118 cm³/mol. The normalized spacial score (nSPS) is 12.1. The van der Waals surface area contributed by atoms with E-state index in [4.69, 9.17) is 9.47 Å². The summed E-state index contributed by atoms with van der Waals surface area (Å²) in [5.74, 6) is 0. The van der Waals surface area contributed by atoms with Crippen molar-refractivity contribution in [3.05, 3.63) is 18.7 Å². The number of imidazole rings is 1. The highest BCUT2D eigenvalue weighted by Gasteiger charge is 2.12. The SMILES string of the molecule is CCCCCCCCCCCCCCCCOCC(Cn1cc[n+](C)c1)OC.[I-]. The van der Waals surface area contributed by atoms with Crippen LogP contribution in [0.2, 0.25) is 0 Å². The van der Waals surface area contributed by atoms with Crippen LogP contribution in [-0.4, -0.2) is 31.0 Å². The van der Waals surface area contributed by atoms with E-state index in [0.717, 1.165) is 13.2 Å². The van der Waals surface area contributed by atoms with Crippen LogP contribution in [0.25, 0.3) is 0 Å². The number of nitrogens with zero attached hydrogens (tertiary/aromatic N) is 2. The molecular weight excluding hydrogens is 475 g/mol. The summed E-state index contributed by atoms with van der Waals surface area (Å²) in [6.45, 7) is 4.67. The minimum absolute atomic E-state index is 0. The molecule has 0 spiro atoms. The lowest BCUT2D eigenvalue weighted by Gasteiger charge is -2.13. The second-order valence-electron chi connectivity index (χ2n) is 8.30. The molecule has 0 saturated carbocycles. The van der Waals surface area contributed by atoms with E-state index >= 15 is 0 Å². The lowest BCUT2D eigenvalue weighted by Crippen LogP contribution is -3.00. The van der Waals surface area contributed by atoms with Crippen molar-refractivity contribution >= 4 is 0 Å². The van der Waals surface area contributed by atoms with E-state index in [9.17, 15) is 0 Å². The molecule has 0 amide bonds. The van der Waals surface area contributed by atoms with Crippen LogP contribution in [0.15, 0.2) is 18.7 Å². The lowest BCUT2D eigenvalue weighted by molar-refractivity contribution is -0.671. The van der Waals surface area contributed by atoms with Crippen molar-refractivity contribution in [3.63, 3.8) is 0 Å². The molecule has 0 saturated heterocycles. The van der Waals surface area contributed by atoms with Gasteiger partial charge in [-0.05, 0) is 6.42 Å². The smallest absolute Gasteiger partial charge is 0.243 e. The first-order chi connectivity index (χ1) is 13.8. The molecular formula is C24H47IN2O2. The molecule has 1 aromatic rings. The Morgan fingerprint density at radius 1 is 0.828 bits per heavy atom. The van der Waals surface area contributed by atoms with Crippen LogP contribution in [0.4, 0.5) is 0 Å². The van der Waals surface area contributed by atoms with Crippen molar-refractivity contribution in [2.75, 3.05) is 20.3 Å². The van der Waals surface area contributed by atoms with Gasteiger partial charge in [0.15, 0.2) is 0 Å². The minimum Gasteiger partial charge on any atom is -1.00 e. The van der Waals surface area contributed by atoms with Crippen molar-refractivity contribution in [2.45, 2.75) is 109 Å². The van der Waals surface area contributed by atoms with Crippen LogP contribution in [0, 0.1) is 0 Å². The zero-order chi connectivity index (χ0) is 20.3. The van der Waals surface area contributed by atoms with E-state index < -0.39 is 0 Å². The number of hydrogen-bond donors (Lipinski definition) is 0. The molecule has 0 radical (unpaired) electrons. The summed E-state index contributed by atoms with van der Waals surface area (Å²) in [7, 11) is 3.80. The molecule has 1 unspecified atom stereocenters. The number of unbranched alkanes of at least 4 members (excludes halogenated alkanes) is 13. The summed E-state index contributed by atoms with van der Waals surface area (Å²) in [6.07, 6.45) is 25.8. The Balaban J connectivity index is 0.00000784. The van der Waals surface area contributed by atoms with Gasteiger partial charge in [0.25, 0.3) is 0 Å². The minimum atomic E-state index is 0. The van der Waals surface area contributed by atoms with Gasteiger partial charge in [-0.15, -0.1) is 0 Å². The van der Waals surface area contributed by atoms with Gasteiger partial charge in [-0.1, -0.05) is 90.4 Å². The molecule has 0 N–H and O–H groups in total. The molecule has 0 aromatic carbocycles. The molecule has 1 aromatic heterocycles. The van der Waals surface area contributed by atoms with E-state index in [-0.39, 0.29) is 30.1 Å². The number of halogens is 1. The summed E-state index contributed by atoms with van der Waals surface area (Å²) < 4.78 is 15.5. The topological polar surface area (TPSA) is 27.3 Å². The fraction of sp³-hybridized carbons (Fsp3) is 0.875. The number of ether oxygens (including phenoxy) is 2. The van der Waals surface area contributed by atoms with E-state index in [1.807, 2.05) is 17.8 Å². The zero-order valence-corrected chi connectivity index (χ0v) is 21.6. The number of hydrogen-bond acceptors (Lipinski definition) is 2. The Hall–Kier alpha value is -0.140. The van der Waals surface area contributed by atoms with Crippen LogP contribution in [0.3, 0.4) is 0 Å². The van der Waals surface area contributed by atoms with Crippen LogP contribution < -0.4 is 28.5 Å². The van der Waals surface area contributed by atoms with Gasteiger partial charge in [-0.25, -0.2) is 9.13 Å². The first kappa shape index (κ1) is 28.9. The first-order valence-corrected chi connectivity index (χ1v) is 11.9. The summed E-state index contributed by atoms with van der Waals surface area (Å²) in [4.78, 5) is 0. The van der Waals surface area contributed by atoms with Crippen LogP contribution in [-0.2, 0) is 23.1 Å². The average Bonchev–Trinajstić information content (AvgIpc) is 3.11. The van der Waals surface area contributed by atoms with Gasteiger partial charge in [0, 0.05) is 13.7 Å². The van der Waals surface area contributed by atoms with Crippen LogP contribution >= 0.6 is 0 Å². The average molecular weight is 523 g/mol. The Morgan fingerprint density at radius 3 is 1.79 bits per heavy atom. The van der Waals surface area contributed by atoms with Crippen molar-refractivity contribution < 1.29 is 38.0 Å². The quantitative estimate of drug-likeness (QED) is 0.150. The maximum absolute atomic E-state index is 5.83. The van der Waals surface area contributed by atoms with E-state index in [2.05, 4.69) is 24.0 Å². The van der Waals surface area contributed by atoms with Crippen molar-refractivity contribution in [3.8, 4) is 0 Å². The number of aromatic nitrogens is 2. The molecule has 0 fully saturated rings. The monoisotopic (exact) mass is 522 g/mol. The molecule has 1 heterocycles. The summed E-state index contributed by atoms with van der Waals surface area (Å²) >= 11 is 0. The highest BCUT2D eigenvalue weighted by molar-refractivity contribution is 4.69. The molecule has 0 aliphatic heterocycles. The standard InChI is InChI=1S/C24H47N2O2.HI/c1-4-5-6-7-8-9-10-11-12-13-14-15-16-17-20-28-22-24(27-3)21-26-19-18-25(2)23-26;/h18-19,23-24H,4-17,20-22H2,1-3H3;1H/q+1;/p-1. The predicted octanol–water partition coefficient (Wildman–Crippen LogP) is 2.83. The van der Waals surface area contributed by atoms with Crippen LogP contribution in [0.5, 0.6) is 0 Å². The molecule has 172 valence electrons. The van der Waals surface area contributed by atoms with Crippen molar-refractivity contribution in [2.24, 2.45) is 7.05 Å². The third kappa shape index (κ3) is 17.3. The molecule has 0 bridgehead atoms. The lowest BCUT2D eigenvalue weighted by atomic mass is 10.0. The maximum atomic E-state index is 5.83. The highest BCUT2D eigenvalue weighted by Crippen LogP contribution is 2.13. The largest absolute Gasteiger partial charge is 1.00 e. The Kier molecular flexibility index (Phi) is 21.0. The molecule has 1 atom stereocenters. The second-order valence-corrected chi connectivity index (χ2v) is 8.30. The second kappa shape index (κ2) is 21.1. The number of aryl methyl sites for hydroxylation is 1. The molecule has 4 nitrogen and oxygen atoms in total. The first-order valence-electron chi connectivity index (χ1n) is 11.9. The van der Waals surface area contributed by atoms with Gasteiger partial charge in [-0.2, -0.15) is 0 Å². The fourth-order valence-corrected chi connectivity index (χ4v) is 3.65. The van der Waals surface area contributed by atoms with E-state index in [1.54, 1.807) is 7.11 Å². The van der Waals surface area contributed by atoms with E-state index in [1.165, 1.54) is 89.9 Å². The third-order valence-electron chi connectivity index (χ3n) is 5.52. The highest BCUT2D eigenvalue weighted by atomic mass is 127. The molecule has 5 heteroatoms. The Morgan fingerprint density at radius 2 is 1.34 bits per heavy atom.